The lowest BCUT2D eigenvalue weighted by Crippen LogP contribution is -2.12. The second-order valence-corrected chi connectivity index (χ2v) is 7.67. The third kappa shape index (κ3) is 3.05. The molecule has 2 saturated carbocycles. The summed E-state index contributed by atoms with van der Waals surface area (Å²) in [6.45, 7) is 2.00. The Balaban J connectivity index is 1.37. The van der Waals surface area contributed by atoms with Crippen LogP contribution in [0.25, 0.3) is 11.5 Å². The average Bonchev–Trinajstić information content (AvgIpc) is 3.60. The van der Waals surface area contributed by atoms with Crippen molar-refractivity contribution in [1.29, 1.82) is 0 Å². The van der Waals surface area contributed by atoms with E-state index in [-0.39, 0.29) is 5.91 Å². The minimum atomic E-state index is -0.0867. The molecule has 1 aromatic carbocycles. The molecule has 6 heteroatoms. The smallest absolute Gasteiger partial charge is 0.258 e. The van der Waals surface area contributed by atoms with E-state index in [0.717, 1.165) is 41.2 Å². The van der Waals surface area contributed by atoms with Gasteiger partial charge in [-0.05, 0) is 62.8 Å². The van der Waals surface area contributed by atoms with Crippen molar-refractivity contribution >= 4 is 11.6 Å². The van der Waals surface area contributed by atoms with Crippen LogP contribution in [0.2, 0.25) is 0 Å². The summed E-state index contributed by atoms with van der Waals surface area (Å²) in [6, 6.07) is 9.59. The van der Waals surface area contributed by atoms with Crippen LogP contribution in [0, 0.1) is 6.92 Å². The van der Waals surface area contributed by atoms with Crippen molar-refractivity contribution in [1.82, 2.24) is 14.7 Å². The van der Waals surface area contributed by atoms with Crippen molar-refractivity contribution in [2.24, 2.45) is 7.05 Å². The molecule has 1 amide bonds. The molecule has 2 aromatic heterocycles. The Morgan fingerprint density at radius 1 is 1.19 bits per heavy atom. The van der Waals surface area contributed by atoms with Crippen molar-refractivity contribution in [3.63, 3.8) is 0 Å². The van der Waals surface area contributed by atoms with Gasteiger partial charge in [-0.3, -0.25) is 4.79 Å². The van der Waals surface area contributed by atoms with Crippen LogP contribution >= 0.6 is 0 Å². The highest BCUT2D eigenvalue weighted by atomic mass is 16.5. The number of hydrogen-bond donors (Lipinski definition) is 1. The number of carbonyl (C=O) groups excluding carboxylic acids is 1. The molecular weight excluding hydrogens is 340 g/mol. The summed E-state index contributed by atoms with van der Waals surface area (Å²) in [6.07, 6.45) is 4.70. The van der Waals surface area contributed by atoms with E-state index in [2.05, 4.69) is 20.0 Å². The summed E-state index contributed by atoms with van der Waals surface area (Å²) in [5.74, 6) is 2.26. The molecule has 27 heavy (non-hydrogen) atoms. The van der Waals surface area contributed by atoms with Crippen LogP contribution in [0.15, 0.2) is 34.9 Å². The van der Waals surface area contributed by atoms with Crippen LogP contribution in [0.4, 0.5) is 5.69 Å². The lowest BCUT2D eigenvalue weighted by Gasteiger charge is -2.06. The number of rotatable bonds is 5. The molecule has 6 nitrogen and oxygen atoms in total. The SMILES string of the molecule is Cc1c(C(=O)Nc2cccc(-c3nc(C4CC4)no3)c2)cc(C2CC2)n1C. The van der Waals surface area contributed by atoms with Crippen LogP contribution in [0.5, 0.6) is 0 Å². The maximum Gasteiger partial charge on any atom is 0.258 e. The Hall–Kier alpha value is -2.89. The van der Waals surface area contributed by atoms with Crippen molar-refractivity contribution in [3.8, 4) is 11.5 Å². The number of benzene rings is 1. The van der Waals surface area contributed by atoms with E-state index in [1.807, 2.05) is 44.3 Å². The molecule has 0 bridgehead atoms. The highest BCUT2D eigenvalue weighted by Crippen LogP contribution is 2.41. The summed E-state index contributed by atoms with van der Waals surface area (Å²) in [4.78, 5) is 17.3. The minimum absolute atomic E-state index is 0.0867. The molecule has 0 atom stereocenters. The van der Waals surface area contributed by atoms with Gasteiger partial charge in [0.15, 0.2) is 5.82 Å². The van der Waals surface area contributed by atoms with Gasteiger partial charge in [-0.25, -0.2) is 0 Å². The molecule has 0 aliphatic heterocycles. The second kappa shape index (κ2) is 6.08. The largest absolute Gasteiger partial charge is 0.351 e. The van der Waals surface area contributed by atoms with Crippen LogP contribution in [0.3, 0.4) is 0 Å². The highest BCUT2D eigenvalue weighted by Gasteiger charge is 2.30. The first-order valence-electron chi connectivity index (χ1n) is 9.52. The molecule has 0 radical (unpaired) electrons. The molecule has 0 unspecified atom stereocenters. The Kier molecular flexibility index (Phi) is 3.67. The quantitative estimate of drug-likeness (QED) is 0.730. The monoisotopic (exact) mass is 362 g/mol. The maximum absolute atomic E-state index is 12.8. The van der Waals surface area contributed by atoms with Gasteiger partial charge in [0.05, 0.1) is 5.56 Å². The van der Waals surface area contributed by atoms with Crippen molar-refractivity contribution in [3.05, 3.63) is 53.1 Å². The van der Waals surface area contributed by atoms with E-state index in [9.17, 15) is 4.79 Å². The standard InChI is InChI=1S/C21H22N4O2/c1-12-17(11-18(25(12)2)13-6-7-13)20(26)22-16-5-3-4-15(10-16)21-23-19(24-27-21)14-8-9-14/h3-5,10-11,13-14H,6-9H2,1-2H3,(H,22,26). The highest BCUT2D eigenvalue weighted by molar-refractivity contribution is 6.05. The van der Waals surface area contributed by atoms with Crippen LogP contribution in [-0.2, 0) is 7.05 Å². The predicted octanol–water partition coefficient (Wildman–Crippen LogP) is 4.39. The van der Waals surface area contributed by atoms with Crippen molar-refractivity contribution < 1.29 is 9.32 Å². The number of aromatic nitrogens is 3. The van der Waals surface area contributed by atoms with Gasteiger partial charge < -0.3 is 14.4 Å². The molecule has 2 aliphatic carbocycles. The fraction of sp³-hybridized carbons (Fsp3) is 0.381. The number of carbonyl (C=O) groups is 1. The molecule has 1 N–H and O–H groups in total. The lowest BCUT2D eigenvalue weighted by atomic mass is 10.1. The van der Waals surface area contributed by atoms with Crippen LogP contribution in [0.1, 0.15) is 65.1 Å². The molecular formula is C21H22N4O2. The van der Waals surface area contributed by atoms with E-state index < -0.39 is 0 Å². The van der Waals surface area contributed by atoms with Crippen molar-refractivity contribution in [2.45, 2.75) is 44.4 Å². The summed E-state index contributed by atoms with van der Waals surface area (Å²) < 4.78 is 7.53. The molecule has 5 rings (SSSR count). The van der Waals surface area contributed by atoms with Gasteiger partial charge in [0.2, 0.25) is 0 Å². The van der Waals surface area contributed by atoms with Gasteiger partial charge in [0.25, 0.3) is 11.8 Å². The third-order valence-electron chi connectivity index (χ3n) is 5.56. The van der Waals surface area contributed by atoms with Gasteiger partial charge in [-0.15, -0.1) is 0 Å². The normalized spacial score (nSPS) is 16.5. The zero-order valence-corrected chi connectivity index (χ0v) is 15.5. The van der Waals surface area contributed by atoms with Crippen LogP contribution < -0.4 is 5.32 Å². The first kappa shape index (κ1) is 16.3. The Bertz CT molecular complexity index is 1020. The summed E-state index contributed by atoms with van der Waals surface area (Å²) >= 11 is 0. The molecule has 3 aromatic rings. The number of nitrogens with one attached hydrogen (secondary N) is 1. The van der Waals surface area contributed by atoms with Gasteiger partial charge in [-0.2, -0.15) is 4.98 Å². The average molecular weight is 362 g/mol. The number of nitrogens with zero attached hydrogens (tertiary/aromatic N) is 3. The summed E-state index contributed by atoms with van der Waals surface area (Å²) in [7, 11) is 2.04. The topological polar surface area (TPSA) is 73.0 Å². The first-order chi connectivity index (χ1) is 13.1. The van der Waals surface area contributed by atoms with Gasteiger partial charge in [0, 0.05) is 35.6 Å². The Morgan fingerprint density at radius 3 is 2.70 bits per heavy atom. The number of hydrogen-bond acceptors (Lipinski definition) is 4. The van der Waals surface area contributed by atoms with E-state index >= 15 is 0 Å². The fourth-order valence-electron chi connectivity index (χ4n) is 3.51. The fourth-order valence-corrected chi connectivity index (χ4v) is 3.51. The van der Waals surface area contributed by atoms with Gasteiger partial charge >= 0.3 is 0 Å². The predicted molar refractivity (Wildman–Crippen MR) is 102 cm³/mol. The molecule has 2 aliphatic rings. The van der Waals surface area contributed by atoms with Gasteiger partial charge in [-0.1, -0.05) is 11.2 Å². The summed E-state index contributed by atoms with van der Waals surface area (Å²) in [5, 5.41) is 7.07. The maximum atomic E-state index is 12.8. The first-order valence-corrected chi connectivity index (χ1v) is 9.52. The second-order valence-electron chi connectivity index (χ2n) is 7.67. The molecule has 138 valence electrons. The Labute approximate surface area is 157 Å². The van der Waals surface area contributed by atoms with E-state index in [4.69, 9.17) is 4.52 Å². The zero-order valence-electron chi connectivity index (χ0n) is 15.5. The third-order valence-corrected chi connectivity index (χ3v) is 5.56. The molecule has 0 spiro atoms. The van der Waals surface area contributed by atoms with E-state index in [1.54, 1.807) is 0 Å². The van der Waals surface area contributed by atoms with E-state index in [0.29, 0.717) is 17.7 Å². The Morgan fingerprint density at radius 2 is 1.96 bits per heavy atom. The summed E-state index contributed by atoms with van der Waals surface area (Å²) in [5.41, 5.74) is 4.52. The molecule has 2 fully saturated rings. The van der Waals surface area contributed by atoms with Crippen molar-refractivity contribution in [2.75, 3.05) is 5.32 Å². The lowest BCUT2D eigenvalue weighted by molar-refractivity contribution is 0.102. The van der Waals surface area contributed by atoms with Crippen LogP contribution in [-0.4, -0.2) is 20.6 Å². The zero-order chi connectivity index (χ0) is 18.5. The van der Waals surface area contributed by atoms with Gasteiger partial charge in [0.1, 0.15) is 0 Å². The number of anilines is 1. The van der Waals surface area contributed by atoms with E-state index in [1.165, 1.54) is 18.5 Å². The molecule has 2 heterocycles. The number of amides is 1. The minimum Gasteiger partial charge on any atom is -0.351 e. The molecule has 0 saturated heterocycles.